The van der Waals surface area contributed by atoms with Crippen molar-refractivity contribution in [2.75, 3.05) is 33.0 Å². The second kappa shape index (κ2) is 21.7. The lowest BCUT2D eigenvalue weighted by Gasteiger charge is -2.32. The average molecular weight is 453 g/mol. The number of carbonyl (C=O) groups excluding carboxylic acids is 1. The Morgan fingerprint density at radius 2 is 1.22 bits per heavy atom. The van der Waals surface area contributed by atoms with E-state index in [0.717, 1.165) is 32.1 Å². The van der Waals surface area contributed by atoms with Crippen molar-refractivity contribution in [2.24, 2.45) is 11.3 Å². The molecular weight excluding hydrogens is 400 g/mol. The quantitative estimate of drug-likeness (QED) is 0.0856. The monoisotopic (exact) mass is 452 g/mol. The molecule has 0 amide bonds. The fourth-order valence-electron chi connectivity index (χ4n) is 3.86. The zero-order chi connectivity index (χ0) is 23.9. The first-order chi connectivity index (χ1) is 15.6. The van der Waals surface area contributed by atoms with Crippen LogP contribution in [0.15, 0.2) is 25.3 Å². The Morgan fingerprint density at radius 1 is 0.750 bits per heavy atom. The van der Waals surface area contributed by atoms with Gasteiger partial charge in [0.2, 0.25) is 0 Å². The van der Waals surface area contributed by atoms with Gasteiger partial charge in [-0.3, -0.25) is 4.79 Å². The molecule has 0 aromatic heterocycles. The first kappa shape index (κ1) is 30.9. The number of unbranched alkanes of at least 4 members (excludes halogenated alkanes) is 8. The van der Waals surface area contributed by atoms with E-state index in [-0.39, 0.29) is 17.3 Å². The van der Waals surface area contributed by atoms with Gasteiger partial charge in [-0.2, -0.15) is 0 Å². The van der Waals surface area contributed by atoms with Gasteiger partial charge in [-0.1, -0.05) is 97.1 Å². The smallest absolute Gasteiger partial charge is 0.308 e. The minimum absolute atomic E-state index is 0.00998. The van der Waals surface area contributed by atoms with Crippen LogP contribution < -0.4 is 0 Å². The Balaban J connectivity index is 4.85. The fraction of sp³-hybridized carbons (Fsp3) is 0.821. The number of hydrogen-bond donors (Lipinski definition) is 0. The zero-order valence-corrected chi connectivity index (χ0v) is 21.5. The molecule has 0 aliphatic rings. The number of rotatable bonds is 24. The highest BCUT2D eigenvalue weighted by molar-refractivity contribution is 5.72. The third kappa shape index (κ3) is 15.6. The SMILES string of the molecule is C=CCOCC(CC)(COCC=C)COC(=O)C(CCCCCC)CCCCCCCC. The van der Waals surface area contributed by atoms with Crippen molar-refractivity contribution in [3.63, 3.8) is 0 Å². The topological polar surface area (TPSA) is 44.8 Å². The summed E-state index contributed by atoms with van der Waals surface area (Å²) in [5.41, 5.74) is -0.339. The van der Waals surface area contributed by atoms with Gasteiger partial charge >= 0.3 is 5.97 Å². The van der Waals surface area contributed by atoms with Crippen LogP contribution in [-0.4, -0.2) is 39.0 Å². The molecule has 1 unspecified atom stereocenters. The van der Waals surface area contributed by atoms with Gasteiger partial charge in [0.15, 0.2) is 0 Å². The van der Waals surface area contributed by atoms with E-state index >= 15 is 0 Å². The molecule has 0 rings (SSSR count). The molecule has 0 radical (unpaired) electrons. The van der Waals surface area contributed by atoms with Crippen LogP contribution in [0.1, 0.15) is 104 Å². The van der Waals surface area contributed by atoms with Gasteiger partial charge in [0.25, 0.3) is 0 Å². The molecule has 1 atom stereocenters. The molecule has 0 aliphatic heterocycles. The third-order valence-electron chi connectivity index (χ3n) is 6.20. The standard InChI is InChI=1S/C28H52O4/c1-6-11-13-15-16-18-20-26(19-17-14-12-7-2)27(29)32-25-28(10-5,23-30-21-8-3)24-31-22-9-4/h8-9,26H,3-4,6-7,10-25H2,1-2,5H3. The Hall–Kier alpha value is -1.13. The molecule has 32 heavy (non-hydrogen) atoms. The van der Waals surface area contributed by atoms with Crippen LogP contribution in [0.3, 0.4) is 0 Å². The van der Waals surface area contributed by atoms with Crippen LogP contribution in [0.2, 0.25) is 0 Å². The summed E-state index contributed by atoms with van der Waals surface area (Å²) in [5, 5.41) is 0. The lowest BCUT2D eigenvalue weighted by Crippen LogP contribution is -2.38. The summed E-state index contributed by atoms with van der Waals surface area (Å²) >= 11 is 0. The van der Waals surface area contributed by atoms with Gasteiger partial charge in [0, 0.05) is 0 Å². The maximum absolute atomic E-state index is 13.1. The first-order valence-electron chi connectivity index (χ1n) is 13.1. The summed E-state index contributed by atoms with van der Waals surface area (Å²) < 4.78 is 17.4. The maximum atomic E-state index is 13.1. The average Bonchev–Trinajstić information content (AvgIpc) is 2.80. The molecule has 4 heteroatoms. The minimum atomic E-state index is -0.339. The molecule has 0 spiro atoms. The van der Waals surface area contributed by atoms with Crippen molar-refractivity contribution < 1.29 is 19.0 Å². The molecule has 0 saturated carbocycles. The summed E-state index contributed by atoms with van der Waals surface area (Å²) in [6.07, 6.45) is 18.4. The third-order valence-corrected chi connectivity index (χ3v) is 6.20. The van der Waals surface area contributed by atoms with Crippen molar-refractivity contribution in [3.05, 3.63) is 25.3 Å². The normalized spacial score (nSPS) is 12.5. The number of ether oxygens (including phenoxy) is 3. The summed E-state index contributed by atoms with van der Waals surface area (Å²) in [6, 6.07) is 0. The molecule has 4 nitrogen and oxygen atoms in total. The molecule has 0 aromatic carbocycles. The first-order valence-corrected chi connectivity index (χ1v) is 13.1. The second-order valence-electron chi connectivity index (χ2n) is 9.17. The van der Waals surface area contributed by atoms with Crippen LogP contribution in [0, 0.1) is 11.3 Å². The Morgan fingerprint density at radius 3 is 1.69 bits per heavy atom. The molecule has 0 aromatic rings. The molecule has 188 valence electrons. The van der Waals surface area contributed by atoms with E-state index < -0.39 is 0 Å². The Bertz CT molecular complexity index is 446. The minimum Gasteiger partial charge on any atom is -0.465 e. The van der Waals surface area contributed by atoms with Crippen LogP contribution in [-0.2, 0) is 19.0 Å². The van der Waals surface area contributed by atoms with E-state index in [1.54, 1.807) is 12.2 Å². The van der Waals surface area contributed by atoms with Gasteiger partial charge in [0.1, 0.15) is 6.61 Å². The molecule has 0 fully saturated rings. The summed E-state index contributed by atoms with van der Waals surface area (Å²) in [7, 11) is 0. The lowest BCUT2D eigenvalue weighted by atomic mass is 9.87. The molecule has 0 heterocycles. The lowest BCUT2D eigenvalue weighted by molar-refractivity contribution is -0.156. The molecule has 0 aliphatic carbocycles. The van der Waals surface area contributed by atoms with E-state index in [0.29, 0.717) is 33.0 Å². The van der Waals surface area contributed by atoms with Gasteiger partial charge in [-0.05, 0) is 19.3 Å². The summed E-state index contributed by atoms with van der Waals surface area (Å²) in [5.74, 6) is -0.0314. The van der Waals surface area contributed by atoms with Gasteiger partial charge in [-0.15, -0.1) is 13.2 Å². The van der Waals surface area contributed by atoms with Crippen LogP contribution in [0.4, 0.5) is 0 Å². The number of carbonyl (C=O) groups is 1. The summed E-state index contributed by atoms with van der Waals surface area (Å²) in [4.78, 5) is 13.1. The van der Waals surface area contributed by atoms with E-state index in [1.807, 2.05) is 0 Å². The van der Waals surface area contributed by atoms with E-state index in [2.05, 4.69) is 33.9 Å². The van der Waals surface area contributed by atoms with E-state index in [9.17, 15) is 4.79 Å². The number of esters is 1. The zero-order valence-electron chi connectivity index (χ0n) is 21.5. The van der Waals surface area contributed by atoms with Gasteiger partial charge in [0.05, 0.1) is 37.8 Å². The van der Waals surface area contributed by atoms with E-state index in [4.69, 9.17) is 14.2 Å². The highest BCUT2D eigenvalue weighted by Crippen LogP contribution is 2.26. The molecule has 0 bridgehead atoms. The van der Waals surface area contributed by atoms with Crippen LogP contribution in [0.5, 0.6) is 0 Å². The molecule has 0 N–H and O–H groups in total. The highest BCUT2D eigenvalue weighted by Gasteiger charge is 2.32. The predicted molar refractivity (Wildman–Crippen MR) is 136 cm³/mol. The number of hydrogen-bond acceptors (Lipinski definition) is 4. The van der Waals surface area contributed by atoms with Crippen LogP contribution in [0.25, 0.3) is 0 Å². The van der Waals surface area contributed by atoms with Gasteiger partial charge in [-0.25, -0.2) is 0 Å². The van der Waals surface area contributed by atoms with Crippen molar-refractivity contribution in [1.29, 1.82) is 0 Å². The van der Waals surface area contributed by atoms with Crippen molar-refractivity contribution in [1.82, 2.24) is 0 Å². The predicted octanol–water partition coefficient (Wildman–Crippen LogP) is 7.67. The van der Waals surface area contributed by atoms with Gasteiger partial charge < -0.3 is 14.2 Å². The molecule has 0 saturated heterocycles. The van der Waals surface area contributed by atoms with Crippen molar-refractivity contribution >= 4 is 5.97 Å². The Labute approximate surface area is 199 Å². The maximum Gasteiger partial charge on any atom is 0.308 e. The second-order valence-corrected chi connectivity index (χ2v) is 9.17. The van der Waals surface area contributed by atoms with Crippen LogP contribution >= 0.6 is 0 Å². The Kier molecular flexibility index (Phi) is 20.9. The fourth-order valence-corrected chi connectivity index (χ4v) is 3.86. The van der Waals surface area contributed by atoms with E-state index in [1.165, 1.54) is 51.4 Å². The van der Waals surface area contributed by atoms with Crippen molar-refractivity contribution in [2.45, 2.75) is 104 Å². The largest absolute Gasteiger partial charge is 0.465 e. The summed E-state index contributed by atoms with van der Waals surface area (Å²) in [6.45, 7) is 16.3. The highest BCUT2D eigenvalue weighted by atomic mass is 16.5. The molecular formula is C28H52O4. The van der Waals surface area contributed by atoms with Crippen molar-refractivity contribution in [3.8, 4) is 0 Å².